The Morgan fingerprint density at radius 3 is 2.79 bits per heavy atom. The minimum Gasteiger partial charge on any atom is -0.490 e. The third-order valence-electron chi connectivity index (χ3n) is 5.93. The highest BCUT2D eigenvalue weighted by Crippen LogP contribution is 2.46. The molecule has 0 saturated heterocycles. The number of rotatable bonds is 9. The molecule has 3 heterocycles. The number of halogens is 1. The summed E-state index contributed by atoms with van der Waals surface area (Å²) in [6, 6.07) is 14.0. The van der Waals surface area contributed by atoms with Crippen LogP contribution in [0.25, 0.3) is 43.7 Å². The first-order chi connectivity index (χ1) is 18.5. The van der Waals surface area contributed by atoms with Crippen LogP contribution in [-0.2, 0) is 16.6 Å². The van der Waals surface area contributed by atoms with Crippen molar-refractivity contribution < 1.29 is 18.7 Å². The Morgan fingerprint density at radius 2 is 2.03 bits per heavy atom. The van der Waals surface area contributed by atoms with E-state index in [9.17, 15) is 9.18 Å². The number of thiophene rings is 1. The maximum absolute atomic E-state index is 14.4. The minimum atomic E-state index is -0.404. The average Bonchev–Trinajstić information content (AvgIpc) is 3.58. The van der Waals surface area contributed by atoms with Crippen LogP contribution in [0.15, 0.2) is 79.0 Å². The minimum absolute atomic E-state index is 0.264. The highest BCUT2D eigenvalue weighted by atomic mass is 32.1. The fourth-order valence-electron chi connectivity index (χ4n) is 4.24. The number of amides is 1. The van der Waals surface area contributed by atoms with Gasteiger partial charge in [-0.15, -0.1) is 11.3 Å². The number of carbonyl (C=O) groups is 1. The van der Waals surface area contributed by atoms with Gasteiger partial charge in [0, 0.05) is 64.4 Å². The summed E-state index contributed by atoms with van der Waals surface area (Å²) in [5, 5.41) is 10.1. The predicted molar refractivity (Wildman–Crippen MR) is 149 cm³/mol. The molecule has 5 aromatic rings. The van der Waals surface area contributed by atoms with Crippen molar-refractivity contribution in [3.05, 3.63) is 84.8 Å². The number of benzene rings is 2. The Bertz CT molecular complexity index is 1640. The van der Waals surface area contributed by atoms with Crippen LogP contribution in [0.1, 0.15) is 0 Å². The van der Waals surface area contributed by atoms with E-state index in [0.717, 1.165) is 32.5 Å². The molecule has 0 unspecified atom stereocenters. The van der Waals surface area contributed by atoms with Crippen molar-refractivity contribution in [2.45, 2.75) is 0 Å². The summed E-state index contributed by atoms with van der Waals surface area (Å²) >= 11 is 1.57. The van der Waals surface area contributed by atoms with Gasteiger partial charge in [-0.3, -0.25) is 9.48 Å². The van der Waals surface area contributed by atoms with Crippen molar-refractivity contribution >= 4 is 33.0 Å². The second kappa shape index (κ2) is 11.0. The Kier molecular flexibility index (Phi) is 7.30. The number of nitrogens with one attached hydrogen (secondary N) is 1. The van der Waals surface area contributed by atoms with Gasteiger partial charge in [0.1, 0.15) is 18.2 Å². The quantitative estimate of drug-likeness (QED) is 0.179. The molecule has 2 aromatic carbocycles. The molecule has 1 amide bonds. The molecule has 0 bridgehead atoms. The molecule has 7 nitrogen and oxygen atoms in total. The zero-order valence-electron chi connectivity index (χ0n) is 20.9. The zero-order chi connectivity index (χ0) is 26.6. The molecular formula is C29H25FN4O3S. The second-order valence-electron chi connectivity index (χ2n) is 8.51. The van der Waals surface area contributed by atoms with Crippen molar-refractivity contribution in [1.82, 2.24) is 14.8 Å². The molecule has 1 N–H and O–H groups in total. The van der Waals surface area contributed by atoms with E-state index in [-0.39, 0.29) is 12.5 Å². The number of aryl methyl sites for hydroxylation is 1. The lowest BCUT2D eigenvalue weighted by Gasteiger charge is -2.18. The molecule has 3 aromatic heterocycles. The van der Waals surface area contributed by atoms with Crippen LogP contribution in [-0.4, -0.2) is 41.0 Å². The molecule has 0 saturated carbocycles. The van der Waals surface area contributed by atoms with Gasteiger partial charge in [0.15, 0.2) is 0 Å². The van der Waals surface area contributed by atoms with E-state index in [1.807, 2.05) is 42.9 Å². The number of fused-ring (bicyclic) bond motifs is 1. The SMILES string of the molecule is C=CC(=O)Nc1cccc(-c2nc(-c3cnn(C)c3)c3ccsc3c2-c2ccc(F)cc2OCCOC)c1. The van der Waals surface area contributed by atoms with Gasteiger partial charge in [-0.25, -0.2) is 9.37 Å². The fourth-order valence-corrected chi connectivity index (χ4v) is 5.20. The average molecular weight is 529 g/mol. The van der Waals surface area contributed by atoms with Crippen molar-refractivity contribution in [1.29, 1.82) is 0 Å². The third-order valence-corrected chi connectivity index (χ3v) is 6.86. The summed E-state index contributed by atoms with van der Waals surface area (Å²) in [5.41, 5.74) is 5.20. The highest BCUT2D eigenvalue weighted by molar-refractivity contribution is 7.18. The zero-order valence-corrected chi connectivity index (χ0v) is 21.7. The number of hydrogen-bond acceptors (Lipinski definition) is 6. The molecular weight excluding hydrogens is 503 g/mol. The van der Waals surface area contributed by atoms with Gasteiger partial charge in [0.25, 0.3) is 0 Å². The van der Waals surface area contributed by atoms with Crippen LogP contribution in [0, 0.1) is 5.82 Å². The molecule has 192 valence electrons. The molecule has 5 rings (SSSR count). The first-order valence-corrected chi connectivity index (χ1v) is 12.7. The van der Waals surface area contributed by atoms with Crippen LogP contribution in [0.4, 0.5) is 10.1 Å². The maximum Gasteiger partial charge on any atom is 0.247 e. The molecule has 0 aliphatic rings. The normalized spacial score (nSPS) is 11.0. The van der Waals surface area contributed by atoms with E-state index in [4.69, 9.17) is 14.5 Å². The van der Waals surface area contributed by atoms with E-state index >= 15 is 0 Å². The van der Waals surface area contributed by atoms with Gasteiger partial charge < -0.3 is 14.8 Å². The first kappa shape index (κ1) is 25.3. The van der Waals surface area contributed by atoms with E-state index in [1.165, 1.54) is 18.2 Å². The van der Waals surface area contributed by atoms with Gasteiger partial charge in [-0.1, -0.05) is 18.7 Å². The number of carbonyl (C=O) groups excluding carboxylic acids is 1. The summed E-state index contributed by atoms with van der Waals surface area (Å²) in [6.45, 7) is 4.16. The number of nitrogens with zero attached hydrogens (tertiary/aromatic N) is 3. The monoisotopic (exact) mass is 528 g/mol. The van der Waals surface area contributed by atoms with Crippen molar-refractivity contribution in [2.75, 3.05) is 25.6 Å². The van der Waals surface area contributed by atoms with Crippen LogP contribution < -0.4 is 10.1 Å². The lowest BCUT2D eigenvalue weighted by Crippen LogP contribution is -2.07. The Morgan fingerprint density at radius 1 is 1.16 bits per heavy atom. The molecule has 0 aliphatic heterocycles. The summed E-state index contributed by atoms with van der Waals surface area (Å²) in [4.78, 5) is 17.1. The number of ether oxygens (including phenoxy) is 2. The molecule has 0 fully saturated rings. The Hall–Kier alpha value is -4.34. The lowest BCUT2D eigenvalue weighted by molar-refractivity contribution is -0.111. The Balaban J connectivity index is 1.79. The van der Waals surface area contributed by atoms with Gasteiger partial charge in [-0.05, 0) is 41.8 Å². The van der Waals surface area contributed by atoms with Crippen LogP contribution in [0.5, 0.6) is 5.75 Å². The highest BCUT2D eigenvalue weighted by Gasteiger charge is 2.23. The van der Waals surface area contributed by atoms with Gasteiger partial charge >= 0.3 is 0 Å². The summed E-state index contributed by atoms with van der Waals surface area (Å²) in [6.07, 6.45) is 4.92. The van der Waals surface area contributed by atoms with Crippen molar-refractivity contribution in [2.24, 2.45) is 7.05 Å². The smallest absolute Gasteiger partial charge is 0.247 e. The summed E-state index contributed by atoms with van der Waals surface area (Å²) < 4.78 is 28.2. The summed E-state index contributed by atoms with van der Waals surface area (Å²) in [7, 11) is 3.44. The molecule has 0 radical (unpaired) electrons. The van der Waals surface area contributed by atoms with Gasteiger partial charge in [0.05, 0.1) is 24.2 Å². The van der Waals surface area contributed by atoms with Crippen LogP contribution in [0.2, 0.25) is 0 Å². The second-order valence-corrected chi connectivity index (χ2v) is 9.42. The number of methoxy groups -OCH3 is 1. The van der Waals surface area contributed by atoms with Crippen LogP contribution in [0.3, 0.4) is 0 Å². The number of hydrogen-bond donors (Lipinski definition) is 1. The van der Waals surface area contributed by atoms with E-state index in [1.54, 1.807) is 41.5 Å². The topological polar surface area (TPSA) is 78.3 Å². The standard InChI is InChI=1S/C29H25FN4O3S/c1-4-25(35)32-21-7-5-6-18(14-21)28-26(22-9-8-20(30)15-24(22)37-12-11-36-3)29-23(10-13-38-29)27(33-28)19-16-31-34(2)17-19/h4-10,13-17H,1,11-12H2,2-3H3,(H,32,35). The van der Waals surface area contributed by atoms with Crippen LogP contribution >= 0.6 is 11.3 Å². The predicted octanol–water partition coefficient (Wildman–Crippen LogP) is 6.32. The van der Waals surface area contributed by atoms with Crippen molar-refractivity contribution in [3.8, 4) is 39.4 Å². The van der Waals surface area contributed by atoms with E-state index < -0.39 is 5.82 Å². The fraction of sp³-hybridized carbons (Fsp3) is 0.138. The molecule has 9 heteroatoms. The molecule has 0 aliphatic carbocycles. The van der Waals surface area contributed by atoms with Crippen molar-refractivity contribution in [3.63, 3.8) is 0 Å². The van der Waals surface area contributed by atoms with E-state index in [2.05, 4.69) is 17.0 Å². The summed E-state index contributed by atoms with van der Waals surface area (Å²) in [5.74, 6) is -0.322. The lowest BCUT2D eigenvalue weighted by atomic mass is 9.95. The number of anilines is 1. The van der Waals surface area contributed by atoms with Gasteiger partial charge in [-0.2, -0.15) is 5.10 Å². The number of aromatic nitrogens is 3. The molecule has 38 heavy (non-hydrogen) atoms. The maximum atomic E-state index is 14.4. The Labute approximate surface area is 223 Å². The van der Waals surface area contributed by atoms with Gasteiger partial charge in [0.2, 0.25) is 5.91 Å². The van der Waals surface area contributed by atoms with E-state index in [0.29, 0.717) is 29.3 Å². The largest absolute Gasteiger partial charge is 0.490 e. The third kappa shape index (κ3) is 5.06. The molecule has 0 atom stereocenters. The molecule has 0 spiro atoms. The number of pyridine rings is 1. The first-order valence-electron chi connectivity index (χ1n) is 11.8.